The van der Waals surface area contributed by atoms with Gasteiger partial charge in [0, 0.05) is 17.6 Å². The van der Waals surface area contributed by atoms with Crippen LogP contribution in [0.25, 0.3) is 0 Å². The molecule has 2 atom stereocenters. The summed E-state index contributed by atoms with van der Waals surface area (Å²) in [6.07, 6.45) is 6.41. The van der Waals surface area contributed by atoms with Gasteiger partial charge in [-0.3, -0.25) is 0 Å². The molecule has 0 radical (unpaired) electrons. The van der Waals surface area contributed by atoms with Crippen molar-refractivity contribution >= 4 is 31.6 Å². The van der Waals surface area contributed by atoms with E-state index in [9.17, 15) is 16.8 Å². The molecule has 0 unspecified atom stereocenters. The maximum atomic E-state index is 13.4. The van der Waals surface area contributed by atoms with E-state index in [0.717, 1.165) is 31.9 Å². The number of nitrogens with one attached hydrogen (secondary N) is 1. The summed E-state index contributed by atoms with van der Waals surface area (Å²) >= 11 is 5.93. The van der Waals surface area contributed by atoms with Gasteiger partial charge in [-0.2, -0.15) is 4.31 Å². The van der Waals surface area contributed by atoms with E-state index >= 15 is 0 Å². The van der Waals surface area contributed by atoms with Gasteiger partial charge in [0.2, 0.25) is 20.0 Å². The van der Waals surface area contributed by atoms with Crippen LogP contribution in [0.15, 0.2) is 29.2 Å². The lowest BCUT2D eigenvalue weighted by Gasteiger charge is -2.41. The molecular weight excluding hydrogens is 472 g/mol. The third-order valence-electron chi connectivity index (χ3n) is 6.68. The molecule has 1 aromatic rings. The highest BCUT2D eigenvalue weighted by Gasteiger charge is 2.41. The summed E-state index contributed by atoms with van der Waals surface area (Å²) in [5.74, 6) is 1.35. The van der Waals surface area contributed by atoms with Crippen LogP contribution < -0.4 is 4.72 Å². The van der Waals surface area contributed by atoms with Crippen LogP contribution in [0, 0.1) is 11.8 Å². The molecule has 0 spiro atoms. The van der Waals surface area contributed by atoms with Crippen molar-refractivity contribution < 1.29 is 21.6 Å². The number of sulfonamides is 2. The van der Waals surface area contributed by atoms with Gasteiger partial charge in [-0.15, -0.1) is 0 Å². The quantitative estimate of drug-likeness (QED) is 0.581. The Hall–Kier alpha value is -0.710. The lowest BCUT2D eigenvalue weighted by Crippen LogP contribution is -2.58. The third-order valence-corrected chi connectivity index (χ3v) is 9.60. The number of nitrogens with zero attached hydrogens (tertiary/aromatic N) is 1. The molecule has 1 N–H and O–H groups in total. The van der Waals surface area contributed by atoms with E-state index in [4.69, 9.17) is 16.3 Å². The molecule has 1 saturated heterocycles. The summed E-state index contributed by atoms with van der Waals surface area (Å²) in [5, 5.41) is 0.455. The summed E-state index contributed by atoms with van der Waals surface area (Å²) < 4.78 is 61.1. The van der Waals surface area contributed by atoms with Crippen molar-refractivity contribution in [3.8, 4) is 0 Å². The Morgan fingerprint density at radius 2 is 1.69 bits per heavy atom. The summed E-state index contributed by atoms with van der Waals surface area (Å²) in [7, 11) is -7.33. The molecule has 7 nitrogen and oxygen atoms in total. The molecule has 2 fully saturated rings. The number of hydrogen-bond acceptors (Lipinski definition) is 5. The fourth-order valence-corrected chi connectivity index (χ4v) is 7.47. The molecule has 1 aliphatic heterocycles. The van der Waals surface area contributed by atoms with Crippen LogP contribution in [0.2, 0.25) is 5.02 Å². The van der Waals surface area contributed by atoms with Crippen molar-refractivity contribution in [1.29, 1.82) is 0 Å². The van der Waals surface area contributed by atoms with Gasteiger partial charge >= 0.3 is 0 Å². The van der Waals surface area contributed by atoms with E-state index in [-0.39, 0.29) is 17.6 Å². The smallest absolute Gasteiger partial charge is 0.243 e. The number of benzene rings is 1. The van der Waals surface area contributed by atoms with E-state index in [0.29, 0.717) is 36.2 Å². The van der Waals surface area contributed by atoms with Gasteiger partial charge in [-0.05, 0) is 74.6 Å². The SMILES string of the molecule is CC(C)[C@H]1CC[C@@H](OC[C@H]2[C@@H](NS(C)(=O)=O)CCCN2S(=O)(=O)c2ccc(Cl)cc2)CC1. The minimum Gasteiger partial charge on any atom is -0.376 e. The number of hydrogen-bond donors (Lipinski definition) is 1. The fraction of sp³-hybridized carbons (Fsp3) is 0.727. The fourth-order valence-electron chi connectivity index (χ4n) is 4.83. The Labute approximate surface area is 198 Å². The largest absolute Gasteiger partial charge is 0.376 e. The second-order valence-corrected chi connectivity index (χ2v) is 13.5. The van der Waals surface area contributed by atoms with Gasteiger partial charge in [0.15, 0.2) is 0 Å². The van der Waals surface area contributed by atoms with Gasteiger partial charge < -0.3 is 4.74 Å². The molecule has 0 amide bonds. The Kier molecular flexibility index (Phi) is 8.66. The van der Waals surface area contributed by atoms with Crippen LogP contribution in [0.1, 0.15) is 52.4 Å². The summed E-state index contributed by atoms with van der Waals surface area (Å²) in [4.78, 5) is 0.143. The number of piperidine rings is 1. The van der Waals surface area contributed by atoms with Crippen LogP contribution in [0.5, 0.6) is 0 Å². The van der Waals surface area contributed by atoms with Crippen molar-refractivity contribution in [3.63, 3.8) is 0 Å². The van der Waals surface area contributed by atoms with Crippen molar-refractivity contribution in [1.82, 2.24) is 9.03 Å². The van der Waals surface area contributed by atoms with Crippen LogP contribution in [0.3, 0.4) is 0 Å². The van der Waals surface area contributed by atoms with Crippen molar-refractivity contribution in [2.24, 2.45) is 11.8 Å². The van der Waals surface area contributed by atoms with E-state index in [1.807, 2.05) is 0 Å². The first-order valence-electron chi connectivity index (χ1n) is 11.3. The molecule has 1 saturated carbocycles. The van der Waals surface area contributed by atoms with Gasteiger partial charge in [0.05, 0.1) is 29.9 Å². The Bertz CT molecular complexity index is 959. The minimum absolute atomic E-state index is 0.0749. The highest BCUT2D eigenvalue weighted by atomic mass is 35.5. The summed E-state index contributed by atoms with van der Waals surface area (Å²) in [5.41, 5.74) is 0. The second kappa shape index (κ2) is 10.7. The van der Waals surface area contributed by atoms with Crippen molar-refractivity contribution in [2.45, 2.75) is 75.5 Å². The van der Waals surface area contributed by atoms with Gasteiger partial charge in [-0.1, -0.05) is 25.4 Å². The third kappa shape index (κ3) is 6.67. The lowest BCUT2D eigenvalue weighted by molar-refractivity contribution is -0.0173. The van der Waals surface area contributed by atoms with Gasteiger partial charge in [0.1, 0.15) is 0 Å². The highest BCUT2D eigenvalue weighted by molar-refractivity contribution is 7.89. The van der Waals surface area contributed by atoms with Crippen molar-refractivity contribution in [3.05, 3.63) is 29.3 Å². The molecule has 32 heavy (non-hydrogen) atoms. The maximum Gasteiger partial charge on any atom is 0.243 e. The molecule has 10 heteroatoms. The van der Waals surface area contributed by atoms with E-state index in [2.05, 4.69) is 18.6 Å². The molecule has 1 aromatic carbocycles. The molecule has 1 aliphatic carbocycles. The first-order chi connectivity index (χ1) is 15.0. The van der Waals surface area contributed by atoms with Crippen LogP contribution >= 0.6 is 11.6 Å². The number of ether oxygens (including phenoxy) is 1. The average Bonchev–Trinajstić information content (AvgIpc) is 2.72. The molecule has 182 valence electrons. The predicted molar refractivity (Wildman–Crippen MR) is 127 cm³/mol. The Morgan fingerprint density at radius 1 is 1.06 bits per heavy atom. The molecule has 1 heterocycles. The zero-order valence-corrected chi connectivity index (χ0v) is 21.4. The first-order valence-corrected chi connectivity index (χ1v) is 15.0. The normalized spacial score (nSPS) is 28.2. The van der Waals surface area contributed by atoms with E-state index in [1.165, 1.54) is 16.4 Å². The Balaban J connectivity index is 1.79. The van der Waals surface area contributed by atoms with Crippen LogP contribution in [0.4, 0.5) is 0 Å². The monoisotopic (exact) mass is 506 g/mol. The molecule has 2 aliphatic rings. The summed E-state index contributed by atoms with van der Waals surface area (Å²) in [6.45, 7) is 4.97. The molecule has 0 bridgehead atoms. The van der Waals surface area contributed by atoms with E-state index in [1.54, 1.807) is 12.1 Å². The van der Waals surface area contributed by atoms with Crippen molar-refractivity contribution in [2.75, 3.05) is 19.4 Å². The summed E-state index contributed by atoms with van der Waals surface area (Å²) in [6, 6.07) is 4.91. The second-order valence-electron chi connectivity index (χ2n) is 9.39. The molecular formula is C22H35ClN2O5S2. The number of rotatable bonds is 8. The predicted octanol–water partition coefficient (Wildman–Crippen LogP) is 3.64. The number of halogens is 1. The maximum absolute atomic E-state index is 13.4. The first kappa shape index (κ1) is 25.9. The molecule has 0 aromatic heterocycles. The van der Waals surface area contributed by atoms with Crippen LogP contribution in [-0.4, -0.2) is 58.7 Å². The topological polar surface area (TPSA) is 92.8 Å². The van der Waals surface area contributed by atoms with Crippen LogP contribution in [-0.2, 0) is 24.8 Å². The molecule has 3 rings (SSSR count). The minimum atomic E-state index is -3.83. The zero-order valence-electron chi connectivity index (χ0n) is 19.0. The highest BCUT2D eigenvalue weighted by Crippen LogP contribution is 2.32. The standard InChI is InChI=1S/C22H35ClN2O5S2/c1-16(2)17-6-10-19(11-7-17)30-15-22-21(24-31(3,26)27)5-4-14-25(22)32(28,29)20-12-8-18(23)9-13-20/h8-9,12-13,16-17,19,21-22,24H,4-7,10-11,14-15H2,1-3H3/t17-,19+,21-,22-/m0/s1. The average molecular weight is 507 g/mol. The van der Waals surface area contributed by atoms with E-state index < -0.39 is 32.1 Å². The van der Waals surface area contributed by atoms with Gasteiger partial charge in [0.25, 0.3) is 0 Å². The van der Waals surface area contributed by atoms with Gasteiger partial charge in [-0.25, -0.2) is 21.6 Å². The zero-order chi connectivity index (χ0) is 23.5. The lowest BCUT2D eigenvalue weighted by atomic mass is 9.80. The Morgan fingerprint density at radius 3 is 2.25 bits per heavy atom.